The predicted octanol–water partition coefficient (Wildman–Crippen LogP) is 5.33. The molecule has 0 fully saturated rings. The summed E-state index contributed by atoms with van der Waals surface area (Å²) >= 11 is 6.05. The maximum atomic E-state index is 13.0. The fraction of sp³-hybridized carbons (Fsp3) is 0.346. The van der Waals surface area contributed by atoms with Gasteiger partial charge in [-0.15, -0.1) is 0 Å². The van der Waals surface area contributed by atoms with Crippen LogP contribution in [0.3, 0.4) is 0 Å². The van der Waals surface area contributed by atoms with Gasteiger partial charge in [0.05, 0.1) is 30.4 Å². The number of amides is 1. The molecule has 0 saturated heterocycles. The van der Waals surface area contributed by atoms with E-state index >= 15 is 0 Å². The van der Waals surface area contributed by atoms with Crippen LogP contribution in [0.5, 0.6) is 17.2 Å². The first-order valence-corrected chi connectivity index (χ1v) is 11.9. The number of carbonyl (C=O) groups is 2. The van der Waals surface area contributed by atoms with E-state index in [2.05, 4.69) is 15.2 Å². The van der Waals surface area contributed by atoms with E-state index in [9.17, 15) is 19.8 Å². The summed E-state index contributed by atoms with van der Waals surface area (Å²) in [6.45, 7) is 0.441. The van der Waals surface area contributed by atoms with Gasteiger partial charge in [-0.2, -0.15) is 0 Å². The average Bonchev–Trinajstić information content (AvgIpc) is 3.32. The highest BCUT2D eigenvalue weighted by atomic mass is 35.5. The summed E-state index contributed by atoms with van der Waals surface area (Å²) in [5.74, 6) is -0.426. The lowest BCUT2D eigenvalue weighted by Gasteiger charge is -2.09. The quantitative estimate of drug-likeness (QED) is 0.217. The summed E-state index contributed by atoms with van der Waals surface area (Å²) in [6, 6.07) is 9.41. The Morgan fingerprint density at radius 1 is 1.00 bits per heavy atom. The molecule has 0 unspecified atom stereocenters. The number of aromatic nitrogens is 1. The van der Waals surface area contributed by atoms with Crippen molar-refractivity contribution in [2.75, 3.05) is 20.8 Å². The fourth-order valence-corrected chi connectivity index (χ4v) is 3.86. The number of ether oxygens (including phenoxy) is 2. The van der Waals surface area contributed by atoms with Crippen molar-refractivity contribution in [3.63, 3.8) is 0 Å². The summed E-state index contributed by atoms with van der Waals surface area (Å²) in [5.41, 5.74) is 1.22. The molecule has 36 heavy (non-hydrogen) atoms. The van der Waals surface area contributed by atoms with E-state index in [0.717, 1.165) is 38.2 Å². The van der Waals surface area contributed by atoms with Crippen LogP contribution >= 0.6 is 11.6 Å². The molecule has 2 aromatic carbocycles. The van der Waals surface area contributed by atoms with Crippen molar-refractivity contribution in [2.45, 2.75) is 38.5 Å². The van der Waals surface area contributed by atoms with Crippen molar-refractivity contribution in [1.29, 1.82) is 0 Å². The number of hydrogen-bond acceptors (Lipinski definition) is 8. The molecule has 0 aliphatic rings. The Kier molecular flexibility index (Phi) is 9.58. The van der Waals surface area contributed by atoms with Crippen LogP contribution in [0.25, 0.3) is 22.5 Å². The molecule has 192 valence electrons. The van der Waals surface area contributed by atoms with E-state index in [0.29, 0.717) is 29.8 Å². The first-order valence-electron chi connectivity index (χ1n) is 11.6. The molecular formula is C26H29ClN2O7. The summed E-state index contributed by atoms with van der Waals surface area (Å²) < 4.78 is 15.4. The molecule has 3 aromatic rings. The predicted molar refractivity (Wildman–Crippen MR) is 134 cm³/mol. The van der Waals surface area contributed by atoms with E-state index in [-0.39, 0.29) is 39.5 Å². The van der Waals surface area contributed by atoms with Crippen LogP contribution in [0.1, 0.15) is 49.0 Å². The minimum atomic E-state index is -0.425. The smallest absolute Gasteiger partial charge is 0.305 e. The Balaban J connectivity index is 1.75. The van der Waals surface area contributed by atoms with Crippen LogP contribution in [-0.4, -0.2) is 48.0 Å². The molecule has 1 heterocycles. The molecule has 1 amide bonds. The molecule has 10 heteroatoms. The Morgan fingerprint density at radius 3 is 2.39 bits per heavy atom. The molecule has 9 nitrogen and oxygen atoms in total. The summed E-state index contributed by atoms with van der Waals surface area (Å²) in [6.07, 6.45) is 4.71. The minimum absolute atomic E-state index is 0.0115. The van der Waals surface area contributed by atoms with Crippen molar-refractivity contribution < 1.29 is 33.8 Å². The molecule has 1 aromatic heterocycles. The molecular weight excluding hydrogens is 488 g/mol. The number of benzene rings is 2. The van der Waals surface area contributed by atoms with Gasteiger partial charge in [-0.1, -0.05) is 48.2 Å². The van der Waals surface area contributed by atoms with Gasteiger partial charge in [0.2, 0.25) is 0 Å². The summed E-state index contributed by atoms with van der Waals surface area (Å²) in [5, 5.41) is 27.1. The van der Waals surface area contributed by atoms with Crippen LogP contribution < -0.4 is 10.1 Å². The highest BCUT2D eigenvalue weighted by molar-refractivity contribution is 6.32. The second-order valence-electron chi connectivity index (χ2n) is 8.13. The van der Waals surface area contributed by atoms with Crippen molar-refractivity contribution in [3.8, 4) is 39.7 Å². The average molecular weight is 517 g/mol. The number of phenols is 2. The minimum Gasteiger partial charge on any atom is -0.507 e. The lowest BCUT2D eigenvalue weighted by Crippen LogP contribution is -2.25. The van der Waals surface area contributed by atoms with Gasteiger partial charge in [-0.05, 0) is 36.6 Å². The first kappa shape index (κ1) is 26.9. The molecule has 0 saturated carbocycles. The highest BCUT2D eigenvalue weighted by Crippen LogP contribution is 2.43. The number of nitrogens with zero attached hydrogens (tertiary/aromatic N) is 1. The van der Waals surface area contributed by atoms with Crippen LogP contribution in [0.4, 0.5) is 0 Å². The van der Waals surface area contributed by atoms with E-state index in [1.165, 1.54) is 13.2 Å². The lowest BCUT2D eigenvalue weighted by atomic mass is 9.98. The number of carbonyl (C=O) groups excluding carboxylic acids is 2. The van der Waals surface area contributed by atoms with Gasteiger partial charge in [0.25, 0.3) is 5.91 Å². The number of aromatic hydroxyl groups is 2. The Morgan fingerprint density at radius 2 is 1.69 bits per heavy atom. The second-order valence-corrected chi connectivity index (χ2v) is 8.54. The molecule has 3 rings (SSSR count). The highest BCUT2D eigenvalue weighted by Gasteiger charge is 2.26. The normalized spacial score (nSPS) is 10.8. The standard InChI is InChI=1S/C26H29ClN2O7/c1-34-17-11-9-16(10-12-17)23-24(26(33)28-13-7-5-3-4-6-8-22(32)35-2)29-36-25(23)18-14-19(27)21(31)15-20(18)30/h9-12,14-15,30-31H,3-8,13H2,1-2H3,(H,28,33). The van der Waals surface area contributed by atoms with Gasteiger partial charge in [0, 0.05) is 19.0 Å². The van der Waals surface area contributed by atoms with E-state index in [1.807, 2.05) is 0 Å². The number of halogens is 1. The molecule has 0 atom stereocenters. The van der Waals surface area contributed by atoms with Gasteiger partial charge < -0.3 is 29.5 Å². The number of unbranched alkanes of at least 4 members (excludes halogenated alkanes) is 4. The SMILES string of the molecule is COC(=O)CCCCCCCNC(=O)c1noc(-c2cc(Cl)c(O)cc2O)c1-c1ccc(OC)cc1. The monoisotopic (exact) mass is 516 g/mol. The molecule has 0 spiro atoms. The largest absolute Gasteiger partial charge is 0.507 e. The third kappa shape index (κ3) is 6.69. The topological polar surface area (TPSA) is 131 Å². The lowest BCUT2D eigenvalue weighted by molar-refractivity contribution is -0.140. The maximum absolute atomic E-state index is 13.0. The van der Waals surface area contributed by atoms with Gasteiger partial charge >= 0.3 is 5.97 Å². The van der Waals surface area contributed by atoms with Crippen LogP contribution in [0.15, 0.2) is 40.9 Å². The van der Waals surface area contributed by atoms with Crippen molar-refractivity contribution in [1.82, 2.24) is 10.5 Å². The molecule has 0 radical (unpaired) electrons. The number of rotatable bonds is 12. The number of hydrogen-bond donors (Lipinski definition) is 3. The Bertz CT molecular complexity index is 1190. The van der Waals surface area contributed by atoms with Gasteiger partial charge in [-0.25, -0.2) is 0 Å². The van der Waals surface area contributed by atoms with E-state index in [1.54, 1.807) is 31.4 Å². The number of methoxy groups -OCH3 is 2. The van der Waals surface area contributed by atoms with Crippen molar-refractivity contribution in [3.05, 3.63) is 47.1 Å². The number of esters is 1. The third-order valence-electron chi connectivity index (χ3n) is 5.67. The summed E-state index contributed by atoms with van der Waals surface area (Å²) in [7, 11) is 2.93. The molecule has 0 bridgehead atoms. The first-order chi connectivity index (χ1) is 17.3. The Hall–Kier alpha value is -3.72. The van der Waals surface area contributed by atoms with Crippen molar-refractivity contribution in [2.24, 2.45) is 0 Å². The number of phenolic OH excluding ortho intramolecular Hbond substituents is 2. The van der Waals surface area contributed by atoms with Gasteiger partial charge in [-0.3, -0.25) is 9.59 Å². The van der Waals surface area contributed by atoms with Crippen LogP contribution in [0.2, 0.25) is 5.02 Å². The molecule has 3 N–H and O–H groups in total. The zero-order valence-electron chi connectivity index (χ0n) is 20.2. The van der Waals surface area contributed by atoms with Crippen LogP contribution in [-0.2, 0) is 9.53 Å². The summed E-state index contributed by atoms with van der Waals surface area (Å²) in [4.78, 5) is 24.2. The number of nitrogens with one attached hydrogen (secondary N) is 1. The van der Waals surface area contributed by atoms with Crippen molar-refractivity contribution >= 4 is 23.5 Å². The third-order valence-corrected chi connectivity index (χ3v) is 5.97. The fourth-order valence-electron chi connectivity index (χ4n) is 3.70. The molecule has 0 aliphatic heterocycles. The zero-order chi connectivity index (χ0) is 26.1. The molecule has 0 aliphatic carbocycles. The van der Waals surface area contributed by atoms with Gasteiger partial charge in [0.15, 0.2) is 11.5 Å². The second kappa shape index (κ2) is 12.8. The Labute approximate surface area is 214 Å². The van der Waals surface area contributed by atoms with Crippen LogP contribution in [0, 0.1) is 0 Å². The van der Waals surface area contributed by atoms with E-state index in [4.69, 9.17) is 20.9 Å². The van der Waals surface area contributed by atoms with Gasteiger partial charge in [0.1, 0.15) is 17.2 Å². The van der Waals surface area contributed by atoms with E-state index < -0.39 is 5.91 Å². The maximum Gasteiger partial charge on any atom is 0.305 e. The zero-order valence-corrected chi connectivity index (χ0v) is 20.9.